The van der Waals surface area contributed by atoms with Crippen molar-refractivity contribution >= 4 is 11.9 Å². The highest BCUT2D eigenvalue weighted by Gasteiger charge is 2.09. The zero-order valence-electron chi connectivity index (χ0n) is 20.7. The number of esters is 2. The molecule has 0 spiro atoms. The lowest BCUT2D eigenvalue weighted by atomic mass is 10.1. The van der Waals surface area contributed by atoms with Gasteiger partial charge in [0.05, 0.1) is 6.61 Å². The first kappa shape index (κ1) is 28.2. The second kappa shape index (κ2) is 19.8. The van der Waals surface area contributed by atoms with Crippen LogP contribution >= 0.6 is 0 Å². The zero-order valence-corrected chi connectivity index (χ0v) is 20.7. The van der Waals surface area contributed by atoms with Crippen LogP contribution in [0.1, 0.15) is 122 Å². The lowest BCUT2D eigenvalue weighted by Gasteiger charge is -2.09. The van der Waals surface area contributed by atoms with Gasteiger partial charge in [-0.3, -0.25) is 9.59 Å². The van der Waals surface area contributed by atoms with E-state index in [0.29, 0.717) is 38.0 Å². The smallest absolute Gasteiger partial charge is 0.311 e. The molecule has 182 valence electrons. The normalized spacial score (nSPS) is 10.8. The summed E-state index contributed by atoms with van der Waals surface area (Å²) in [5.74, 6) is 0.271. The van der Waals surface area contributed by atoms with Crippen LogP contribution < -0.4 is 4.74 Å². The fraction of sp³-hybridized carbons (Fsp3) is 0.714. The van der Waals surface area contributed by atoms with E-state index >= 15 is 0 Å². The molecule has 0 saturated heterocycles. The van der Waals surface area contributed by atoms with Crippen molar-refractivity contribution in [3.8, 4) is 5.75 Å². The van der Waals surface area contributed by atoms with E-state index in [1.807, 2.05) is 24.3 Å². The number of para-hydroxylation sites is 1. The first-order valence-corrected chi connectivity index (χ1v) is 13.1. The second-order valence-electron chi connectivity index (χ2n) is 8.79. The topological polar surface area (TPSA) is 52.6 Å². The monoisotopic (exact) mass is 446 g/mol. The van der Waals surface area contributed by atoms with Gasteiger partial charge in [0.15, 0.2) is 0 Å². The van der Waals surface area contributed by atoms with Crippen LogP contribution in [0.5, 0.6) is 5.75 Å². The summed E-state index contributed by atoms with van der Waals surface area (Å²) in [7, 11) is 0. The van der Waals surface area contributed by atoms with Crippen LogP contribution in [0.25, 0.3) is 0 Å². The molecule has 1 rings (SSSR count). The molecule has 1 aromatic rings. The van der Waals surface area contributed by atoms with Gasteiger partial charge in [-0.25, -0.2) is 0 Å². The van der Waals surface area contributed by atoms with Gasteiger partial charge in [-0.2, -0.15) is 0 Å². The van der Waals surface area contributed by atoms with Crippen molar-refractivity contribution in [3.05, 3.63) is 29.8 Å². The predicted molar refractivity (Wildman–Crippen MR) is 132 cm³/mol. The molecule has 0 aromatic heterocycles. The van der Waals surface area contributed by atoms with Gasteiger partial charge in [0.2, 0.25) is 0 Å². The molecule has 4 heteroatoms. The number of aryl methyl sites for hydroxylation is 1. The Morgan fingerprint density at radius 1 is 0.656 bits per heavy atom. The fourth-order valence-electron chi connectivity index (χ4n) is 3.82. The van der Waals surface area contributed by atoms with Crippen molar-refractivity contribution < 1.29 is 19.1 Å². The minimum Gasteiger partial charge on any atom is -0.466 e. The Kier molecular flexibility index (Phi) is 17.5. The summed E-state index contributed by atoms with van der Waals surface area (Å²) >= 11 is 0. The summed E-state index contributed by atoms with van der Waals surface area (Å²) in [4.78, 5) is 23.9. The highest BCUT2D eigenvalue weighted by Crippen LogP contribution is 2.20. The number of ether oxygens (including phenoxy) is 2. The van der Waals surface area contributed by atoms with Gasteiger partial charge in [0.1, 0.15) is 5.75 Å². The summed E-state index contributed by atoms with van der Waals surface area (Å²) in [6.45, 7) is 4.88. The maximum absolute atomic E-state index is 12.1. The lowest BCUT2D eigenvalue weighted by Crippen LogP contribution is -2.10. The Bertz CT molecular complexity index is 611. The van der Waals surface area contributed by atoms with Crippen molar-refractivity contribution in [1.82, 2.24) is 0 Å². The van der Waals surface area contributed by atoms with E-state index in [-0.39, 0.29) is 11.9 Å². The highest BCUT2D eigenvalue weighted by molar-refractivity contribution is 5.73. The van der Waals surface area contributed by atoms with Gasteiger partial charge in [-0.05, 0) is 37.3 Å². The number of rotatable bonds is 20. The Balaban J connectivity index is 1.95. The molecule has 0 unspecified atom stereocenters. The van der Waals surface area contributed by atoms with E-state index in [1.54, 1.807) is 0 Å². The average molecular weight is 447 g/mol. The zero-order chi connectivity index (χ0) is 23.3. The summed E-state index contributed by atoms with van der Waals surface area (Å²) < 4.78 is 10.8. The molecule has 0 aliphatic rings. The number of unbranched alkanes of at least 4 members (excludes halogenated alkanes) is 11. The molecule has 0 N–H and O–H groups in total. The molecule has 1 aromatic carbocycles. The van der Waals surface area contributed by atoms with Gasteiger partial charge in [-0.15, -0.1) is 0 Å². The standard InChI is InChI=1S/C28H46O4/c1-3-5-6-7-8-9-10-11-12-13-18-24-31-27(29)22-16-17-23-28(30)32-26-21-15-14-20-25(26)19-4-2/h14-15,20-21H,3-13,16-19,22-24H2,1-2H3. The molecule has 4 nitrogen and oxygen atoms in total. The van der Waals surface area contributed by atoms with Crippen molar-refractivity contribution in [3.63, 3.8) is 0 Å². The van der Waals surface area contributed by atoms with Crippen LogP contribution in [0.15, 0.2) is 24.3 Å². The van der Waals surface area contributed by atoms with Crippen molar-refractivity contribution in [2.24, 2.45) is 0 Å². The van der Waals surface area contributed by atoms with Gasteiger partial charge < -0.3 is 9.47 Å². The Morgan fingerprint density at radius 3 is 1.84 bits per heavy atom. The van der Waals surface area contributed by atoms with Gasteiger partial charge >= 0.3 is 11.9 Å². The molecule has 0 saturated carbocycles. The second-order valence-corrected chi connectivity index (χ2v) is 8.79. The number of benzene rings is 1. The van der Waals surface area contributed by atoms with Gasteiger partial charge in [0, 0.05) is 12.8 Å². The van der Waals surface area contributed by atoms with Gasteiger partial charge in [-0.1, -0.05) is 103 Å². The molecular weight excluding hydrogens is 400 g/mol. The Hall–Kier alpha value is -1.84. The largest absolute Gasteiger partial charge is 0.466 e. The quantitative estimate of drug-likeness (QED) is 0.116. The van der Waals surface area contributed by atoms with Crippen molar-refractivity contribution in [1.29, 1.82) is 0 Å². The van der Waals surface area contributed by atoms with Crippen LogP contribution in [0, 0.1) is 0 Å². The maximum atomic E-state index is 12.1. The molecular formula is C28H46O4. The third-order valence-electron chi connectivity index (χ3n) is 5.74. The van der Waals surface area contributed by atoms with E-state index in [1.165, 1.54) is 57.8 Å². The van der Waals surface area contributed by atoms with E-state index in [0.717, 1.165) is 31.2 Å². The lowest BCUT2D eigenvalue weighted by molar-refractivity contribution is -0.144. The molecule has 0 aliphatic carbocycles. The van der Waals surface area contributed by atoms with Crippen molar-refractivity contribution in [2.75, 3.05) is 6.61 Å². The molecule has 0 aliphatic heterocycles. The van der Waals surface area contributed by atoms with E-state index < -0.39 is 0 Å². The van der Waals surface area contributed by atoms with Crippen molar-refractivity contribution in [2.45, 2.75) is 123 Å². The molecule has 0 bridgehead atoms. The first-order chi connectivity index (χ1) is 15.7. The Morgan fingerprint density at radius 2 is 1.22 bits per heavy atom. The van der Waals surface area contributed by atoms with Crippen LogP contribution in [-0.2, 0) is 20.7 Å². The summed E-state index contributed by atoms with van der Waals surface area (Å²) in [6, 6.07) is 7.68. The third-order valence-corrected chi connectivity index (χ3v) is 5.74. The molecule has 0 amide bonds. The number of hydrogen-bond acceptors (Lipinski definition) is 4. The third kappa shape index (κ3) is 15.0. The van der Waals surface area contributed by atoms with Crippen LogP contribution in [-0.4, -0.2) is 18.5 Å². The first-order valence-electron chi connectivity index (χ1n) is 13.1. The summed E-state index contributed by atoms with van der Waals surface area (Å²) in [6.07, 6.45) is 18.0. The van der Waals surface area contributed by atoms with E-state index in [9.17, 15) is 9.59 Å². The van der Waals surface area contributed by atoms with Crippen LogP contribution in [0.4, 0.5) is 0 Å². The summed E-state index contributed by atoms with van der Waals surface area (Å²) in [5.41, 5.74) is 1.06. The number of carbonyl (C=O) groups is 2. The molecule has 0 radical (unpaired) electrons. The minimum absolute atomic E-state index is 0.154. The van der Waals surface area contributed by atoms with Crippen LogP contribution in [0.2, 0.25) is 0 Å². The average Bonchev–Trinajstić information content (AvgIpc) is 2.79. The number of carbonyl (C=O) groups excluding carboxylic acids is 2. The predicted octanol–water partition coefficient (Wildman–Crippen LogP) is 7.96. The van der Waals surface area contributed by atoms with E-state index in [4.69, 9.17) is 9.47 Å². The number of hydrogen-bond donors (Lipinski definition) is 0. The molecule has 0 atom stereocenters. The fourth-order valence-corrected chi connectivity index (χ4v) is 3.82. The molecule has 0 fully saturated rings. The minimum atomic E-state index is -0.233. The van der Waals surface area contributed by atoms with Crippen LogP contribution in [0.3, 0.4) is 0 Å². The Labute approximate surface area is 196 Å². The summed E-state index contributed by atoms with van der Waals surface area (Å²) in [5, 5.41) is 0. The molecule has 0 heterocycles. The highest BCUT2D eigenvalue weighted by atomic mass is 16.5. The van der Waals surface area contributed by atoms with E-state index in [2.05, 4.69) is 13.8 Å². The SMILES string of the molecule is CCCCCCCCCCCCCOC(=O)CCCCC(=O)Oc1ccccc1CCC. The maximum Gasteiger partial charge on any atom is 0.311 e. The van der Waals surface area contributed by atoms with Gasteiger partial charge in [0.25, 0.3) is 0 Å². The molecule has 32 heavy (non-hydrogen) atoms.